The number of hydrogen-bond acceptors (Lipinski definition) is 4. The largest absolute Gasteiger partial charge is 0.478 e. The Morgan fingerprint density at radius 2 is 2.29 bits per heavy atom. The van der Waals surface area contributed by atoms with E-state index in [4.69, 9.17) is 16.1 Å². The van der Waals surface area contributed by atoms with E-state index in [0.29, 0.717) is 30.9 Å². The molecule has 0 aliphatic rings. The summed E-state index contributed by atoms with van der Waals surface area (Å²) in [7, 11) is 0. The summed E-state index contributed by atoms with van der Waals surface area (Å²) in [4.78, 5) is 13.0. The molecule has 1 aromatic carbocycles. The van der Waals surface area contributed by atoms with Crippen molar-refractivity contribution in [3.8, 4) is 6.07 Å². The lowest BCUT2D eigenvalue weighted by Crippen LogP contribution is -2.25. The number of carboxylic acid groups (broad SMARTS) is 1. The van der Waals surface area contributed by atoms with E-state index < -0.39 is 5.97 Å². The Bertz CT molecular complexity index is 452. The van der Waals surface area contributed by atoms with Crippen molar-refractivity contribution in [3.63, 3.8) is 0 Å². The molecule has 0 saturated carbocycles. The maximum atomic E-state index is 11.1. The third kappa shape index (κ3) is 3.11. The molecule has 0 aliphatic heterocycles. The molecule has 0 aliphatic carbocycles. The fourth-order valence-electron chi connectivity index (χ4n) is 1.63. The number of nitrogens with two attached hydrogens (primary N) is 1. The van der Waals surface area contributed by atoms with Gasteiger partial charge in [-0.2, -0.15) is 5.26 Å². The number of anilines is 2. The lowest BCUT2D eigenvalue weighted by molar-refractivity contribution is 0.0697. The summed E-state index contributed by atoms with van der Waals surface area (Å²) in [5.41, 5.74) is 6.76. The molecule has 0 aromatic heterocycles. The molecular weight excluding hydrogens is 218 g/mol. The van der Waals surface area contributed by atoms with Crippen molar-refractivity contribution in [2.75, 3.05) is 23.7 Å². The van der Waals surface area contributed by atoms with Gasteiger partial charge in [0.2, 0.25) is 0 Å². The second kappa shape index (κ2) is 5.75. The van der Waals surface area contributed by atoms with E-state index in [1.165, 1.54) is 6.07 Å². The van der Waals surface area contributed by atoms with Crippen LogP contribution in [-0.2, 0) is 0 Å². The number of nitrogen functional groups attached to an aromatic ring is 1. The van der Waals surface area contributed by atoms with Crippen LogP contribution in [0.1, 0.15) is 23.7 Å². The van der Waals surface area contributed by atoms with Gasteiger partial charge in [-0.05, 0) is 25.1 Å². The highest BCUT2D eigenvalue weighted by atomic mass is 16.4. The first-order valence-corrected chi connectivity index (χ1v) is 5.34. The smallest absolute Gasteiger partial charge is 0.337 e. The van der Waals surface area contributed by atoms with E-state index in [0.717, 1.165) is 0 Å². The van der Waals surface area contributed by atoms with E-state index in [1.54, 1.807) is 12.1 Å². The van der Waals surface area contributed by atoms with Crippen molar-refractivity contribution in [1.29, 1.82) is 5.26 Å². The van der Waals surface area contributed by atoms with Crippen LogP contribution >= 0.6 is 0 Å². The zero-order chi connectivity index (χ0) is 12.8. The molecule has 1 rings (SSSR count). The summed E-state index contributed by atoms with van der Waals surface area (Å²) in [6.45, 7) is 3.07. The van der Waals surface area contributed by atoms with Crippen LogP contribution in [0, 0.1) is 11.3 Å². The maximum Gasteiger partial charge on any atom is 0.337 e. The molecule has 0 unspecified atom stereocenters. The van der Waals surface area contributed by atoms with E-state index in [9.17, 15) is 4.79 Å². The summed E-state index contributed by atoms with van der Waals surface area (Å²) < 4.78 is 0. The molecule has 0 amide bonds. The molecule has 0 atom stereocenters. The van der Waals surface area contributed by atoms with E-state index >= 15 is 0 Å². The van der Waals surface area contributed by atoms with Crippen molar-refractivity contribution in [1.82, 2.24) is 0 Å². The van der Waals surface area contributed by atoms with Gasteiger partial charge in [-0.1, -0.05) is 0 Å². The Labute approximate surface area is 100 Å². The van der Waals surface area contributed by atoms with Crippen LogP contribution < -0.4 is 10.6 Å². The first-order chi connectivity index (χ1) is 8.10. The van der Waals surface area contributed by atoms with Crippen molar-refractivity contribution in [2.24, 2.45) is 0 Å². The standard InChI is InChI=1S/C12H15N3O2/c1-2-15(7-3-6-13)11-5-4-9(14)8-10(11)12(16)17/h4-5,8H,2-3,7,14H2,1H3,(H,16,17). The lowest BCUT2D eigenvalue weighted by atomic mass is 10.1. The van der Waals surface area contributed by atoms with Crippen molar-refractivity contribution in [2.45, 2.75) is 13.3 Å². The predicted molar refractivity (Wildman–Crippen MR) is 65.9 cm³/mol. The highest BCUT2D eigenvalue weighted by Crippen LogP contribution is 2.23. The number of nitriles is 1. The number of hydrogen-bond donors (Lipinski definition) is 2. The fraction of sp³-hybridized carbons (Fsp3) is 0.333. The Hall–Kier alpha value is -2.22. The summed E-state index contributed by atoms with van der Waals surface area (Å²) in [5, 5.41) is 17.7. The topological polar surface area (TPSA) is 90.4 Å². The van der Waals surface area contributed by atoms with Crippen LogP contribution in [-0.4, -0.2) is 24.2 Å². The third-order valence-electron chi connectivity index (χ3n) is 2.47. The molecule has 0 radical (unpaired) electrons. The maximum absolute atomic E-state index is 11.1. The Balaban J connectivity index is 3.10. The first kappa shape index (κ1) is 12.8. The van der Waals surface area contributed by atoms with Crippen LogP contribution in [0.2, 0.25) is 0 Å². The van der Waals surface area contributed by atoms with Crippen LogP contribution in [0.25, 0.3) is 0 Å². The monoisotopic (exact) mass is 233 g/mol. The predicted octanol–water partition coefficient (Wildman–Crippen LogP) is 1.71. The summed E-state index contributed by atoms with van der Waals surface area (Å²) in [6, 6.07) is 6.83. The molecule has 90 valence electrons. The van der Waals surface area contributed by atoms with Crippen molar-refractivity contribution < 1.29 is 9.90 Å². The molecule has 3 N–H and O–H groups in total. The SMILES string of the molecule is CCN(CCC#N)c1ccc(N)cc1C(=O)O. The van der Waals surface area contributed by atoms with E-state index in [-0.39, 0.29) is 5.56 Å². The fourth-order valence-corrected chi connectivity index (χ4v) is 1.63. The second-order valence-electron chi connectivity index (χ2n) is 3.57. The van der Waals surface area contributed by atoms with Gasteiger partial charge in [0.15, 0.2) is 0 Å². The normalized spacial score (nSPS) is 9.65. The third-order valence-corrected chi connectivity index (χ3v) is 2.47. The zero-order valence-electron chi connectivity index (χ0n) is 9.68. The highest BCUT2D eigenvalue weighted by Gasteiger charge is 2.15. The molecule has 1 aromatic rings. The van der Waals surface area contributed by atoms with Gasteiger partial charge in [0.25, 0.3) is 0 Å². The van der Waals surface area contributed by atoms with E-state index in [1.807, 2.05) is 17.9 Å². The minimum Gasteiger partial charge on any atom is -0.478 e. The molecule has 0 spiro atoms. The van der Waals surface area contributed by atoms with Gasteiger partial charge in [-0.3, -0.25) is 0 Å². The Morgan fingerprint density at radius 1 is 1.59 bits per heavy atom. The number of carbonyl (C=O) groups is 1. The first-order valence-electron chi connectivity index (χ1n) is 5.34. The zero-order valence-corrected chi connectivity index (χ0v) is 9.68. The summed E-state index contributed by atoms with van der Waals surface area (Å²) in [6.07, 6.45) is 0.358. The van der Waals surface area contributed by atoms with Gasteiger partial charge in [0, 0.05) is 18.8 Å². The minimum absolute atomic E-state index is 0.171. The van der Waals surface area contributed by atoms with Crippen LogP contribution in [0.5, 0.6) is 0 Å². The van der Waals surface area contributed by atoms with Crippen molar-refractivity contribution >= 4 is 17.3 Å². The van der Waals surface area contributed by atoms with Gasteiger partial charge in [-0.15, -0.1) is 0 Å². The Kier molecular flexibility index (Phi) is 4.35. The molecule has 17 heavy (non-hydrogen) atoms. The minimum atomic E-state index is -1.01. The van der Waals surface area contributed by atoms with Gasteiger partial charge in [0.05, 0.1) is 23.7 Å². The Morgan fingerprint density at radius 3 is 2.82 bits per heavy atom. The van der Waals surface area contributed by atoms with Gasteiger partial charge in [-0.25, -0.2) is 4.79 Å². The molecule has 5 nitrogen and oxygen atoms in total. The highest BCUT2D eigenvalue weighted by molar-refractivity contribution is 5.95. The molecule has 0 bridgehead atoms. The number of nitrogens with zero attached hydrogens (tertiary/aromatic N) is 2. The lowest BCUT2D eigenvalue weighted by Gasteiger charge is -2.23. The number of aromatic carboxylic acids is 1. The van der Waals surface area contributed by atoms with Crippen molar-refractivity contribution in [3.05, 3.63) is 23.8 Å². The second-order valence-corrected chi connectivity index (χ2v) is 3.57. The molecule has 0 fully saturated rings. The average molecular weight is 233 g/mol. The molecule has 5 heteroatoms. The van der Waals surface area contributed by atoms with Gasteiger partial charge in [0.1, 0.15) is 0 Å². The van der Waals surface area contributed by atoms with Gasteiger partial charge >= 0.3 is 5.97 Å². The van der Waals surface area contributed by atoms with Crippen LogP contribution in [0.3, 0.4) is 0 Å². The van der Waals surface area contributed by atoms with Crippen LogP contribution in [0.4, 0.5) is 11.4 Å². The van der Waals surface area contributed by atoms with E-state index in [2.05, 4.69) is 0 Å². The van der Waals surface area contributed by atoms with Gasteiger partial charge < -0.3 is 15.7 Å². The number of benzene rings is 1. The molecule has 0 heterocycles. The molecule has 0 saturated heterocycles. The average Bonchev–Trinajstić information content (AvgIpc) is 2.31. The number of rotatable bonds is 5. The number of carboxylic acids is 1. The summed E-state index contributed by atoms with van der Waals surface area (Å²) in [5.74, 6) is -1.01. The van der Waals surface area contributed by atoms with Crippen LogP contribution in [0.15, 0.2) is 18.2 Å². The molecular formula is C12H15N3O2. The summed E-state index contributed by atoms with van der Waals surface area (Å²) >= 11 is 0. The quantitative estimate of drug-likeness (QED) is 0.755.